The van der Waals surface area contributed by atoms with Crippen molar-refractivity contribution in [2.45, 2.75) is 37.3 Å². The molecule has 0 aromatic heterocycles. The number of para-hydroxylation sites is 1. The Bertz CT molecular complexity index is 451. The Kier molecular flexibility index (Phi) is 3.83. The van der Waals surface area contributed by atoms with Crippen LogP contribution in [0.2, 0.25) is 0 Å². The number of fused-ring (bicyclic) bond motifs is 1. The molecule has 0 aliphatic carbocycles. The molecule has 3 nitrogen and oxygen atoms in total. The first-order valence-corrected chi connectivity index (χ1v) is 7.99. The van der Waals surface area contributed by atoms with Gasteiger partial charge in [0.25, 0.3) is 0 Å². The van der Waals surface area contributed by atoms with Gasteiger partial charge in [0.1, 0.15) is 0 Å². The molecule has 2 atom stereocenters. The van der Waals surface area contributed by atoms with Crippen molar-refractivity contribution in [2.24, 2.45) is 5.73 Å². The first-order valence-electron chi connectivity index (χ1n) is 7.19. The van der Waals surface area contributed by atoms with Crippen molar-refractivity contribution in [2.75, 3.05) is 25.0 Å². The molecular formula is C15H22BrN3. The third-order valence-corrected chi connectivity index (χ3v) is 5.36. The molecule has 2 saturated heterocycles. The highest BCUT2D eigenvalue weighted by molar-refractivity contribution is 9.10. The zero-order valence-corrected chi connectivity index (χ0v) is 12.8. The highest BCUT2D eigenvalue weighted by Crippen LogP contribution is 2.36. The number of hydrogen-bond acceptors (Lipinski definition) is 3. The van der Waals surface area contributed by atoms with Gasteiger partial charge < -0.3 is 16.0 Å². The predicted molar refractivity (Wildman–Crippen MR) is 83.4 cm³/mol. The molecule has 2 unspecified atom stereocenters. The van der Waals surface area contributed by atoms with Gasteiger partial charge in [-0.3, -0.25) is 0 Å². The van der Waals surface area contributed by atoms with E-state index >= 15 is 0 Å². The summed E-state index contributed by atoms with van der Waals surface area (Å²) < 4.78 is 1.12. The summed E-state index contributed by atoms with van der Waals surface area (Å²) in [7, 11) is 0. The quantitative estimate of drug-likeness (QED) is 0.898. The minimum Gasteiger partial charge on any atom is -0.377 e. The van der Waals surface area contributed by atoms with Gasteiger partial charge in [0.15, 0.2) is 0 Å². The molecule has 1 aromatic rings. The van der Waals surface area contributed by atoms with E-state index in [0.717, 1.165) is 16.9 Å². The predicted octanol–water partition coefficient (Wildman–Crippen LogP) is 2.82. The highest BCUT2D eigenvalue weighted by Gasteiger charge is 2.40. The molecule has 0 saturated carbocycles. The smallest absolute Gasteiger partial charge is 0.0523 e. The van der Waals surface area contributed by atoms with E-state index in [1.54, 1.807) is 0 Å². The van der Waals surface area contributed by atoms with E-state index < -0.39 is 0 Å². The van der Waals surface area contributed by atoms with Gasteiger partial charge in [-0.2, -0.15) is 0 Å². The minimum atomic E-state index is 0.0649. The molecule has 104 valence electrons. The van der Waals surface area contributed by atoms with Crippen molar-refractivity contribution in [3.63, 3.8) is 0 Å². The van der Waals surface area contributed by atoms with Crippen molar-refractivity contribution in [3.05, 3.63) is 28.7 Å². The van der Waals surface area contributed by atoms with E-state index in [9.17, 15) is 0 Å². The summed E-state index contributed by atoms with van der Waals surface area (Å²) in [6.45, 7) is 3.17. The van der Waals surface area contributed by atoms with Crippen LogP contribution in [0.15, 0.2) is 28.7 Å². The largest absolute Gasteiger partial charge is 0.377 e. The number of hydrogen-bond donors (Lipinski definition) is 2. The molecule has 19 heavy (non-hydrogen) atoms. The van der Waals surface area contributed by atoms with Crippen LogP contribution in [0.3, 0.4) is 0 Å². The number of anilines is 1. The molecule has 2 aliphatic heterocycles. The summed E-state index contributed by atoms with van der Waals surface area (Å²) in [5.74, 6) is 0. The topological polar surface area (TPSA) is 41.3 Å². The second kappa shape index (κ2) is 5.43. The maximum Gasteiger partial charge on any atom is 0.0523 e. The lowest BCUT2D eigenvalue weighted by Crippen LogP contribution is -2.55. The van der Waals surface area contributed by atoms with Crippen LogP contribution in [0.4, 0.5) is 5.69 Å². The van der Waals surface area contributed by atoms with Gasteiger partial charge in [-0.1, -0.05) is 12.1 Å². The number of halogens is 1. The lowest BCUT2D eigenvalue weighted by Gasteiger charge is -2.45. The summed E-state index contributed by atoms with van der Waals surface area (Å²) in [5, 5.41) is 3.73. The standard InChI is InChI=1S/C15H22BrN3/c16-13-5-1-2-6-14(13)18-15(11-17)7-9-19-8-3-4-12(19)10-15/h1-2,5-6,12,18H,3-4,7-11,17H2. The fraction of sp³-hybridized carbons (Fsp3) is 0.600. The van der Waals surface area contributed by atoms with Gasteiger partial charge in [0.05, 0.1) is 5.54 Å². The molecule has 2 aliphatic rings. The van der Waals surface area contributed by atoms with Crippen molar-refractivity contribution < 1.29 is 0 Å². The summed E-state index contributed by atoms with van der Waals surface area (Å²) in [5.41, 5.74) is 7.35. The van der Waals surface area contributed by atoms with Gasteiger partial charge >= 0.3 is 0 Å². The average molecular weight is 324 g/mol. The van der Waals surface area contributed by atoms with E-state index in [1.807, 2.05) is 6.07 Å². The monoisotopic (exact) mass is 323 g/mol. The summed E-state index contributed by atoms with van der Waals surface area (Å²) >= 11 is 3.62. The maximum atomic E-state index is 6.12. The summed E-state index contributed by atoms with van der Waals surface area (Å²) in [4.78, 5) is 2.63. The second-order valence-corrected chi connectivity index (χ2v) is 6.73. The van der Waals surface area contributed by atoms with E-state index in [-0.39, 0.29) is 5.54 Å². The lowest BCUT2D eigenvalue weighted by atomic mass is 9.83. The molecular weight excluding hydrogens is 302 g/mol. The average Bonchev–Trinajstić information content (AvgIpc) is 2.88. The number of nitrogens with zero attached hydrogens (tertiary/aromatic N) is 1. The molecule has 3 N–H and O–H groups in total. The van der Waals surface area contributed by atoms with Crippen LogP contribution in [0.5, 0.6) is 0 Å². The van der Waals surface area contributed by atoms with Crippen LogP contribution < -0.4 is 11.1 Å². The Morgan fingerprint density at radius 2 is 2.21 bits per heavy atom. The molecule has 0 bridgehead atoms. The third-order valence-electron chi connectivity index (χ3n) is 4.67. The first kappa shape index (κ1) is 13.4. The molecule has 2 fully saturated rings. The molecule has 1 aromatic carbocycles. The number of benzene rings is 1. The fourth-order valence-corrected chi connectivity index (χ4v) is 3.91. The molecule has 3 rings (SSSR count). The zero-order chi connectivity index (χ0) is 13.3. The van der Waals surface area contributed by atoms with Crippen molar-refractivity contribution >= 4 is 21.6 Å². The Hall–Kier alpha value is -0.580. The Balaban J connectivity index is 1.78. The Labute approximate surface area is 123 Å². The summed E-state index contributed by atoms with van der Waals surface area (Å²) in [6.07, 6.45) is 4.99. The van der Waals surface area contributed by atoms with Gasteiger partial charge in [0.2, 0.25) is 0 Å². The SMILES string of the molecule is NCC1(Nc2ccccc2Br)CCN2CCCC2C1. The highest BCUT2D eigenvalue weighted by atomic mass is 79.9. The van der Waals surface area contributed by atoms with Gasteiger partial charge in [-0.05, 0) is 60.3 Å². The van der Waals surface area contributed by atoms with Crippen LogP contribution in [0, 0.1) is 0 Å². The molecule has 4 heteroatoms. The van der Waals surface area contributed by atoms with Crippen LogP contribution in [-0.4, -0.2) is 36.1 Å². The number of piperidine rings is 1. The molecule has 0 amide bonds. The van der Waals surface area contributed by atoms with Crippen molar-refractivity contribution in [1.29, 1.82) is 0 Å². The van der Waals surface area contributed by atoms with Gasteiger partial charge in [-0.25, -0.2) is 0 Å². The number of nitrogens with two attached hydrogens (primary N) is 1. The summed E-state index contributed by atoms with van der Waals surface area (Å²) in [6, 6.07) is 9.05. The molecule has 0 spiro atoms. The maximum absolute atomic E-state index is 6.12. The Morgan fingerprint density at radius 1 is 1.37 bits per heavy atom. The second-order valence-electron chi connectivity index (χ2n) is 5.88. The minimum absolute atomic E-state index is 0.0649. The van der Waals surface area contributed by atoms with Crippen molar-refractivity contribution in [1.82, 2.24) is 4.90 Å². The Morgan fingerprint density at radius 3 is 3.00 bits per heavy atom. The zero-order valence-electron chi connectivity index (χ0n) is 11.2. The van der Waals surface area contributed by atoms with E-state index in [4.69, 9.17) is 5.73 Å². The van der Waals surface area contributed by atoms with E-state index in [0.29, 0.717) is 6.54 Å². The van der Waals surface area contributed by atoms with Crippen LogP contribution in [0.25, 0.3) is 0 Å². The molecule has 2 heterocycles. The van der Waals surface area contributed by atoms with Crippen molar-refractivity contribution in [3.8, 4) is 0 Å². The van der Waals surface area contributed by atoms with Crippen LogP contribution in [-0.2, 0) is 0 Å². The normalized spacial score (nSPS) is 31.2. The van der Waals surface area contributed by atoms with Gasteiger partial charge in [-0.15, -0.1) is 0 Å². The van der Waals surface area contributed by atoms with E-state index in [2.05, 4.69) is 44.3 Å². The molecule has 0 radical (unpaired) electrons. The van der Waals surface area contributed by atoms with Crippen LogP contribution >= 0.6 is 15.9 Å². The van der Waals surface area contributed by atoms with Gasteiger partial charge in [0, 0.05) is 29.3 Å². The fourth-order valence-electron chi connectivity index (χ4n) is 3.53. The number of rotatable bonds is 3. The lowest BCUT2D eigenvalue weighted by molar-refractivity contribution is 0.145. The van der Waals surface area contributed by atoms with E-state index in [1.165, 1.54) is 38.0 Å². The third kappa shape index (κ3) is 2.67. The number of nitrogens with one attached hydrogen (secondary N) is 1. The first-order chi connectivity index (χ1) is 9.22. The van der Waals surface area contributed by atoms with Crippen LogP contribution in [0.1, 0.15) is 25.7 Å².